The quantitative estimate of drug-likeness (QED) is 0.854. The molecule has 0 fully saturated rings. The van der Waals surface area contributed by atoms with Crippen molar-refractivity contribution in [1.29, 1.82) is 0 Å². The number of thiophene rings is 1. The van der Waals surface area contributed by atoms with E-state index in [1.807, 2.05) is 22.9 Å². The van der Waals surface area contributed by atoms with Gasteiger partial charge in [-0.2, -0.15) is 19.8 Å². The van der Waals surface area contributed by atoms with Gasteiger partial charge in [0, 0.05) is 0 Å². The summed E-state index contributed by atoms with van der Waals surface area (Å²) in [6, 6.07) is 5.53. The second-order valence-electron chi connectivity index (χ2n) is 3.30. The SMILES string of the molecule is O=S(=O)(O)CCOc1ccc2cscc2c1. The normalized spacial score (nSPS) is 11.8. The molecule has 0 saturated carbocycles. The van der Waals surface area contributed by atoms with Gasteiger partial charge in [0.1, 0.15) is 18.1 Å². The zero-order valence-electron chi connectivity index (χ0n) is 8.29. The minimum Gasteiger partial charge on any atom is -0.492 e. The zero-order chi connectivity index (χ0) is 11.6. The molecule has 1 heterocycles. The van der Waals surface area contributed by atoms with Crippen LogP contribution in [0.4, 0.5) is 0 Å². The lowest BCUT2D eigenvalue weighted by molar-refractivity contribution is 0.336. The van der Waals surface area contributed by atoms with Crippen LogP contribution in [0.25, 0.3) is 10.8 Å². The van der Waals surface area contributed by atoms with Gasteiger partial charge in [-0.3, -0.25) is 4.55 Å². The molecule has 0 aliphatic carbocycles. The molecule has 2 aromatic rings. The van der Waals surface area contributed by atoms with Gasteiger partial charge in [-0.15, -0.1) is 0 Å². The van der Waals surface area contributed by atoms with Gasteiger partial charge in [-0.25, -0.2) is 0 Å². The van der Waals surface area contributed by atoms with Crippen molar-refractivity contribution >= 4 is 32.2 Å². The van der Waals surface area contributed by atoms with Crippen molar-refractivity contribution < 1.29 is 17.7 Å². The summed E-state index contributed by atoms with van der Waals surface area (Å²) in [6.07, 6.45) is 0. The monoisotopic (exact) mass is 258 g/mol. The molecule has 1 aromatic carbocycles. The van der Waals surface area contributed by atoms with Crippen LogP contribution >= 0.6 is 11.3 Å². The van der Waals surface area contributed by atoms with E-state index < -0.39 is 15.9 Å². The Balaban J connectivity index is 2.04. The van der Waals surface area contributed by atoms with E-state index in [4.69, 9.17) is 9.29 Å². The topological polar surface area (TPSA) is 63.6 Å². The lowest BCUT2D eigenvalue weighted by Crippen LogP contribution is -2.12. The van der Waals surface area contributed by atoms with E-state index in [0.29, 0.717) is 5.75 Å². The minimum atomic E-state index is -3.95. The van der Waals surface area contributed by atoms with Crippen LogP contribution in [0.2, 0.25) is 0 Å². The lowest BCUT2D eigenvalue weighted by atomic mass is 10.2. The molecular weight excluding hydrogens is 248 g/mol. The molecule has 0 aliphatic heterocycles. The zero-order valence-corrected chi connectivity index (χ0v) is 9.92. The third kappa shape index (κ3) is 2.94. The highest BCUT2D eigenvalue weighted by Gasteiger charge is 2.05. The smallest absolute Gasteiger partial charge is 0.268 e. The van der Waals surface area contributed by atoms with Gasteiger partial charge in [0.15, 0.2) is 0 Å². The third-order valence-electron chi connectivity index (χ3n) is 2.06. The van der Waals surface area contributed by atoms with E-state index in [1.54, 1.807) is 17.4 Å². The van der Waals surface area contributed by atoms with E-state index in [0.717, 1.165) is 10.8 Å². The first-order valence-corrected chi connectivity index (χ1v) is 7.14. The second-order valence-corrected chi connectivity index (χ2v) is 5.61. The highest BCUT2D eigenvalue weighted by atomic mass is 32.2. The average Bonchev–Trinajstić information content (AvgIpc) is 2.62. The maximum atomic E-state index is 10.5. The van der Waals surface area contributed by atoms with Crippen LogP contribution in [0.15, 0.2) is 29.0 Å². The molecule has 0 bridgehead atoms. The number of fused-ring (bicyclic) bond motifs is 1. The van der Waals surface area contributed by atoms with E-state index in [-0.39, 0.29) is 6.61 Å². The van der Waals surface area contributed by atoms with Crippen LogP contribution in [0.3, 0.4) is 0 Å². The molecule has 86 valence electrons. The Hall–Kier alpha value is -1.11. The molecule has 0 atom stereocenters. The van der Waals surface area contributed by atoms with Crippen molar-refractivity contribution in [2.24, 2.45) is 0 Å². The molecular formula is C10H10O4S2. The molecule has 2 rings (SSSR count). The van der Waals surface area contributed by atoms with Crippen molar-refractivity contribution in [2.75, 3.05) is 12.4 Å². The Morgan fingerprint density at radius 1 is 1.25 bits per heavy atom. The van der Waals surface area contributed by atoms with Gasteiger partial charge in [0.2, 0.25) is 0 Å². The highest BCUT2D eigenvalue weighted by Crippen LogP contribution is 2.23. The fraction of sp³-hybridized carbons (Fsp3) is 0.200. The van der Waals surface area contributed by atoms with Gasteiger partial charge in [-0.05, 0) is 39.7 Å². The van der Waals surface area contributed by atoms with E-state index in [9.17, 15) is 8.42 Å². The Labute approximate surface area is 97.2 Å². The van der Waals surface area contributed by atoms with Crippen LogP contribution in [-0.2, 0) is 10.1 Å². The fourth-order valence-electron chi connectivity index (χ4n) is 1.30. The van der Waals surface area contributed by atoms with E-state index in [1.165, 1.54) is 0 Å². The second kappa shape index (κ2) is 4.40. The molecule has 1 N–H and O–H groups in total. The third-order valence-corrected chi connectivity index (χ3v) is 3.52. The van der Waals surface area contributed by atoms with Gasteiger partial charge >= 0.3 is 0 Å². The lowest BCUT2D eigenvalue weighted by Gasteiger charge is -2.04. The Kier molecular flexibility index (Phi) is 3.13. The van der Waals surface area contributed by atoms with Gasteiger partial charge < -0.3 is 4.74 Å². The summed E-state index contributed by atoms with van der Waals surface area (Å²) in [4.78, 5) is 0. The number of benzene rings is 1. The van der Waals surface area contributed by atoms with E-state index >= 15 is 0 Å². The number of hydrogen-bond donors (Lipinski definition) is 1. The molecule has 4 nitrogen and oxygen atoms in total. The summed E-state index contributed by atoms with van der Waals surface area (Å²) in [7, 11) is -3.95. The van der Waals surface area contributed by atoms with Crippen molar-refractivity contribution in [3.05, 3.63) is 29.0 Å². The predicted molar refractivity (Wildman–Crippen MR) is 63.7 cm³/mol. The standard InChI is InChI=1S/C10H10O4S2/c11-16(12,13)4-3-14-10-2-1-8-6-15-7-9(8)5-10/h1-2,5-7H,3-4H2,(H,11,12,13). The summed E-state index contributed by atoms with van der Waals surface area (Å²) >= 11 is 1.60. The first kappa shape index (κ1) is 11.4. The Bertz CT molecular complexity index is 586. The maximum Gasteiger partial charge on any atom is 0.268 e. The van der Waals surface area contributed by atoms with E-state index in [2.05, 4.69) is 0 Å². The molecule has 0 saturated heterocycles. The summed E-state index contributed by atoms with van der Waals surface area (Å²) in [5.74, 6) is 0.212. The fourth-order valence-corrected chi connectivity index (χ4v) is 2.37. The molecule has 1 aromatic heterocycles. The molecule has 16 heavy (non-hydrogen) atoms. The van der Waals surface area contributed by atoms with Crippen molar-refractivity contribution in [3.8, 4) is 5.75 Å². The first-order valence-electron chi connectivity index (χ1n) is 4.58. The summed E-state index contributed by atoms with van der Waals surface area (Å²) < 4.78 is 34.7. The van der Waals surface area contributed by atoms with Gasteiger partial charge in [-0.1, -0.05) is 0 Å². The van der Waals surface area contributed by atoms with Crippen LogP contribution in [0.1, 0.15) is 0 Å². The first-order chi connectivity index (χ1) is 7.54. The molecule has 0 radical (unpaired) electrons. The Morgan fingerprint density at radius 2 is 2.00 bits per heavy atom. The van der Waals surface area contributed by atoms with Gasteiger partial charge in [0.25, 0.3) is 10.1 Å². The van der Waals surface area contributed by atoms with Crippen LogP contribution in [0.5, 0.6) is 5.75 Å². The van der Waals surface area contributed by atoms with Crippen LogP contribution < -0.4 is 4.74 Å². The summed E-state index contributed by atoms with van der Waals surface area (Å²) in [5.41, 5.74) is 0. The summed E-state index contributed by atoms with van der Waals surface area (Å²) in [5, 5.41) is 6.21. The van der Waals surface area contributed by atoms with Crippen LogP contribution in [-0.4, -0.2) is 25.3 Å². The number of rotatable bonds is 4. The highest BCUT2D eigenvalue weighted by molar-refractivity contribution is 7.85. The van der Waals surface area contributed by atoms with Crippen molar-refractivity contribution in [3.63, 3.8) is 0 Å². The van der Waals surface area contributed by atoms with Crippen molar-refractivity contribution in [2.45, 2.75) is 0 Å². The predicted octanol–water partition coefficient (Wildman–Crippen LogP) is 2.17. The van der Waals surface area contributed by atoms with Gasteiger partial charge in [0.05, 0.1) is 0 Å². The molecule has 6 heteroatoms. The van der Waals surface area contributed by atoms with Crippen molar-refractivity contribution in [1.82, 2.24) is 0 Å². The number of hydrogen-bond acceptors (Lipinski definition) is 4. The largest absolute Gasteiger partial charge is 0.492 e. The maximum absolute atomic E-state index is 10.5. The molecule has 0 amide bonds. The number of ether oxygens (including phenoxy) is 1. The van der Waals surface area contributed by atoms with Crippen LogP contribution in [0, 0.1) is 0 Å². The summed E-state index contributed by atoms with van der Waals surface area (Å²) in [6.45, 7) is -0.0471. The minimum absolute atomic E-state index is 0.0471. The molecule has 0 spiro atoms. The molecule has 0 unspecified atom stereocenters. The molecule has 0 aliphatic rings. The average molecular weight is 258 g/mol. The Morgan fingerprint density at radius 3 is 2.75 bits per heavy atom.